The smallest absolute Gasteiger partial charge is 0.243 e. The summed E-state index contributed by atoms with van der Waals surface area (Å²) >= 11 is 15.4. The van der Waals surface area contributed by atoms with Gasteiger partial charge in [0.1, 0.15) is 0 Å². The van der Waals surface area contributed by atoms with Gasteiger partial charge in [0.25, 0.3) is 0 Å². The summed E-state index contributed by atoms with van der Waals surface area (Å²) in [5.74, 6) is -0.212. The van der Waals surface area contributed by atoms with Crippen molar-refractivity contribution >= 4 is 55.1 Å². The molecule has 1 aliphatic heterocycles. The number of hydrogen-bond donors (Lipinski definition) is 0. The molecule has 0 saturated carbocycles. The Bertz CT molecular complexity index is 1030. The SMILES string of the molecule is CCN1CCN(C(=O)CN(Cc2ccc(Cl)c(Cl)c2)S(=O)(=O)c2ccc(Br)cc2)CC1. The van der Waals surface area contributed by atoms with E-state index in [0.717, 1.165) is 24.1 Å². The monoisotopic (exact) mass is 547 g/mol. The highest BCUT2D eigenvalue weighted by Gasteiger charge is 2.30. The second kappa shape index (κ2) is 10.6. The van der Waals surface area contributed by atoms with Gasteiger partial charge in [-0.2, -0.15) is 4.31 Å². The fraction of sp³-hybridized carbons (Fsp3) is 0.381. The molecule has 1 heterocycles. The summed E-state index contributed by atoms with van der Waals surface area (Å²) in [6.07, 6.45) is 0. The Morgan fingerprint density at radius 3 is 2.26 bits per heavy atom. The normalized spacial score (nSPS) is 15.5. The first-order valence-corrected chi connectivity index (χ1v) is 12.9. The molecule has 0 atom stereocenters. The van der Waals surface area contributed by atoms with Gasteiger partial charge in [-0.3, -0.25) is 4.79 Å². The molecule has 1 amide bonds. The third-order valence-electron chi connectivity index (χ3n) is 5.28. The highest BCUT2D eigenvalue weighted by atomic mass is 79.9. The van der Waals surface area contributed by atoms with Crippen molar-refractivity contribution in [1.82, 2.24) is 14.1 Å². The average Bonchev–Trinajstić information content (AvgIpc) is 2.76. The Balaban J connectivity index is 1.85. The number of likely N-dealkylation sites (N-methyl/N-ethyl adjacent to an activating group) is 1. The van der Waals surface area contributed by atoms with Gasteiger partial charge in [-0.1, -0.05) is 52.1 Å². The summed E-state index contributed by atoms with van der Waals surface area (Å²) in [4.78, 5) is 17.1. The largest absolute Gasteiger partial charge is 0.339 e. The third-order valence-corrected chi connectivity index (χ3v) is 8.35. The van der Waals surface area contributed by atoms with E-state index < -0.39 is 10.0 Å². The number of rotatable bonds is 7. The highest BCUT2D eigenvalue weighted by molar-refractivity contribution is 9.10. The van der Waals surface area contributed by atoms with Gasteiger partial charge >= 0.3 is 0 Å². The van der Waals surface area contributed by atoms with E-state index in [0.29, 0.717) is 28.7 Å². The Morgan fingerprint density at radius 1 is 1.03 bits per heavy atom. The van der Waals surface area contributed by atoms with Crippen LogP contribution in [0.3, 0.4) is 0 Å². The minimum absolute atomic E-state index is 0.00987. The number of carbonyl (C=O) groups is 1. The number of piperazine rings is 1. The van der Waals surface area contributed by atoms with Crippen LogP contribution in [0.1, 0.15) is 12.5 Å². The molecular weight excluding hydrogens is 525 g/mol. The maximum atomic E-state index is 13.4. The van der Waals surface area contributed by atoms with E-state index in [1.165, 1.54) is 16.4 Å². The first kappa shape index (κ1) is 24.5. The number of carbonyl (C=O) groups excluding carboxylic acids is 1. The van der Waals surface area contributed by atoms with Crippen LogP contribution in [0.25, 0.3) is 0 Å². The maximum Gasteiger partial charge on any atom is 0.243 e. The molecule has 6 nitrogen and oxygen atoms in total. The molecule has 0 spiro atoms. The lowest BCUT2D eigenvalue weighted by atomic mass is 10.2. The van der Waals surface area contributed by atoms with Crippen molar-refractivity contribution in [3.8, 4) is 0 Å². The Morgan fingerprint density at radius 2 is 1.68 bits per heavy atom. The molecule has 31 heavy (non-hydrogen) atoms. The second-order valence-corrected chi connectivity index (χ2v) is 11.0. The maximum absolute atomic E-state index is 13.4. The standard InChI is InChI=1S/C21H24BrCl2N3O3S/c1-2-25-9-11-26(12-10-25)21(28)15-27(14-16-3-8-19(23)20(24)13-16)31(29,30)18-6-4-17(22)5-7-18/h3-8,13H,2,9-12,14-15H2,1H3. The fourth-order valence-electron chi connectivity index (χ4n) is 3.39. The molecule has 2 aromatic carbocycles. The predicted octanol–water partition coefficient (Wildman–Crippen LogP) is 4.11. The number of amides is 1. The molecule has 168 valence electrons. The summed E-state index contributed by atoms with van der Waals surface area (Å²) in [6.45, 7) is 5.53. The van der Waals surface area contributed by atoms with Crippen LogP contribution in [0, 0.1) is 0 Å². The topological polar surface area (TPSA) is 60.9 Å². The van der Waals surface area contributed by atoms with Gasteiger partial charge in [0, 0.05) is 37.2 Å². The van der Waals surface area contributed by atoms with Crippen molar-refractivity contribution in [2.75, 3.05) is 39.3 Å². The van der Waals surface area contributed by atoms with Crippen molar-refractivity contribution in [3.05, 3.63) is 62.5 Å². The Hall–Kier alpha value is -1.16. The average molecular weight is 549 g/mol. The number of sulfonamides is 1. The fourth-order valence-corrected chi connectivity index (χ4v) is 5.35. The van der Waals surface area contributed by atoms with Gasteiger partial charge in [-0.15, -0.1) is 0 Å². The van der Waals surface area contributed by atoms with E-state index in [-0.39, 0.29) is 23.9 Å². The van der Waals surface area contributed by atoms with Crippen LogP contribution in [0.4, 0.5) is 0 Å². The third kappa shape index (κ3) is 6.21. The Labute approximate surface area is 201 Å². The summed E-state index contributed by atoms with van der Waals surface area (Å²) in [5.41, 5.74) is 0.652. The molecule has 0 unspecified atom stereocenters. The van der Waals surface area contributed by atoms with Crippen LogP contribution in [-0.4, -0.2) is 67.7 Å². The summed E-state index contributed by atoms with van der Waals surface area (Å²) < 4.78 is 28.7. The summed E-state index contributed by atoms with van der Waals surface area (Å²) in [7, 11) is -3.91. The molecule has 2 aromatic rings. The van der Waals surface area contributed by atoms with Crippen LogP contribution in [0.5, 0.6) is 0 Å². The molecule has 10 heteroatoms. The van der Waals surface area contributed by atoms with E-state index in [9.17, 15) is 13.2 Å². The number of halogens is 3. The van der Waals surface area contributed by atoms with Crippen molar-refractivity contribution in [2.24, 2.45) is 0 Å². The van der Waals surface area contributed by atoms with Gasteiger partial charge in [0.2, 0.25) is 15.9 Å². The van der Waals surface area contributed by atoms with Crippen LogP contribution in [0.15, 0.2) is 51.8 Å². The van der Waals surface area contributed by atoms with E-state index in [1.54, 1.807) is 35.2 Å². The van der Waals surface area contributed by atoms with E-state index >= 15 is 0 Å². The number of nitrogens with zero attached hydrogens (tertiary/aromatic N) is 3. The second-order valence-electron chi connectivity index (χ2n) is 7.29. The van der Waals surface area contributed by atoms with Gasteiger partial charge in [-0.25, -0.2) is 8.42 Å². The van der Waals surface area contributed by atoms with Crippen LogP contribution < -0.4 is 0 Å². The molecule has 0 aromatic heterocycles. The molecular formula is C21H24BrCl2N3O3S. The van der Waals surface area contributed by atoms with Gasteiger partial charge in [0.15, 0.2) is 0 Å². The van der Waals surface area contributed by atoms with Gasteiger partial charge < -0.3 is 9.80 Å². The molecule has 1 fully saturated rings. The van der Waals surface area contributed by atoms with Crippen LogP contribution in [-0.2, 0) is 21.4 Å². The van der Waals surface area contributed by atoms with E-state index in [4.69, 9.17) is 23.2 Å². The molecule has 1 aliphatic rings. The van der Waals surface area contributed by atoms with Crippen molar-refractivity contribution < 1.29 is 13.2 Å². The summed E-state index contributed by atoms with van der Waals surface area (Å²) in [6, 6.07) is 11.3. The minimum atomic E-state index is -3.91. The van der Waals surface area contributed by atoms with Crippen molar-refractivity contribution in [3.63, 3.8) is 0 Å². The lowest BCUT2D eigenvalue weighted by molar-refractivity contribution is -0.133. The first-order chi connectivity index (χ1) is 14.7. The molecule has 0 radical (unpaired) electrons. The number of hydrogen-bond acceptors (Lipinski definition) is 4. The molecule has 0 bridgehead atoms. The molecule has 0 aliphatic carbocycles. The van der Waals surface area contributed by atoms with Crippen molar-refractivity contribution in [1.29, 1.82) is 0 Å². The molecule has 0 N–H and O–H groups in total. The zero-order valence-electron chi connectivity index (χ0n) is 17.1. The first-order valence-electron chi connectivity index (χ1n) is 9.90. The molecule has 3 rings (SSSR count). The molecule has 1 saturated heterocycles. The van der Waals surface area contributed by atoms with Crippen LogP contribution in [0.2, 0.25) is 10.0 Å². The lowest BCUT2D eigenvalue weighted by Crippen LogP contribution is -2.51. The highest BCUT2D eigenvalue weighted by Crippen LogP contribution is 2.26. The van der Waals surface area contributed by atoms with Gasteiger partial charge in [0.05, 0.1) is 21.5 Å². The Kier molecular flexibility index (Phi) is 8.40. The van der Waals surface area contributed by atoms with E-state index in [2.05, 4.69) is 27.8 Å². The quantitative estimate of drug-likeness (QED) is 0.522. The zero-order chi connectivity index (χ0) is 22.6. The zero-order valence-corrected chi connectivity index (χ0v) is 21.0. The number of benzene rings is 2. The van der Waals surface area contributed by atoms with Crippen molar-refractivity contribution in [2.45, 2.75) is 18.4 Å². The minimum Gasteiger partial charge on any atom is -0.339 e. The van der Waals surface area contributed by atoms with Crippen LogP contribution >= 0.6 is 39.1 Å². The predicted molar refractivity (Wildman–Crippen MR) is 127 cm³/mol. The van der Waals surface area contributed by atoms with Gasteiger partial charge in [-0.05, 0) is 48.5 Å². The lowest BCUT2D eigenvalue weighted by Gasteiger charge is -2.35. The summed E-state index contributed by atoms with van der Waals surface area (Å²) in [5, 5.41) is 0.722. The van der Waals surface area contributed by atoms with E-state index in [1.807, 2.05) is 0 Å².